The lowest BCUT2D eigenvalue weighted by molar-refractivity contribution is -0.186. The van der Waals surface area contributed by atoms with Crippen molar-refractivity contribution < 1.29 is 28.5 Å². The van der Waals surface area contributed by atoms with E-state index in [1.807, 2.05) is 24.3 Å². The normalized spacial score (nSPS) is 22.8. The molecular formula is C19H24O6. The number of esters is 1. The Morgan fingerprint density at radius 1 is 1.36 bits per heavy atom. The highest BCUT2D eigenvalue weighted by molar-refractivity contribution is 5.65. The molecule has 0 bridgehead atoms. The Morgan fingerprint density at radius 2 is 2.04 bits per heavy atom. The van der Waals surface area contributed by atoms with Crippen LogP contribution in [0.1, 0.15) is 26.3 Å². The van der Waals surface area contributed by atoms with E-state index in [0.717, 1.165) is 11.3 Å². The number of benzene rings is 1. The first-order chi connectivity index (χ1) is 11.8. The molecule has 1 aliphatic rings. The van der Waals surface area contributed by atoms with Gasteiger partial charge in [0.15, 0.2) is 11.4 Å². The van der Waals surface area contributed by atoms with Crippen molar-refractivity contribution in [2.75, 3.05) is 20.3 Å². The Balaban J connectivity index is 2.11. The minimum Gasteiger partial charge on any atom is -0.497 e. The van der Waals surface area contributed by atoms with Gasteiger partial charge in [0.1, 0.15) is 18.5 Å². The molecule has 0 aliphatic carbocycles. The summed E-state index contributed by atoms with van der Waals surface area (Å²) in [6, 6.07) is 7.46. The number of rotatable bonds is 7. The van der Waals surface area contributed by atoms with Crippen LogP contribution < -0.4 is 4.74 Å². The van der Waals surface area contributed by atoms with Crippen LogP contribution in [0.15, 0.2) is 24.3 Å². The van der Waals surface area contributed by atoms with Crippen molar-refractivity contribution in [1.82, 2.24) is 0 Å². The second-order valence-electron chi connectivity index (χ2n) is 6.27. The van der Waals surface area contributed by atoms with Crippen LogP contribution in [0.5, 0.6) is 5.75 Å². The molecule has 1 aromatic carbocycles. The number of ether oxygens (including phenoxy) is 5. The summed E-state index contributed by atoms with van der Waals surface area (Å²) in [7, 11) is 1.61. The Bertz CT molecular complexity index is 630. The summed E-state index contributed by atoms with van der Waals surface area (Å²) in [6.45, 7) is 5.30. The van der Waals surface area contributed by atoms with Gasteiger partial charge in [0, 0.05) is 6.92 Å². The van der Waals surface area contributed by atoms with E-state index < -0.39 is 23.5 Å². The summed E-state index contributed by atoms with van der Waals surface area (Å²) < 4.78 is 27.7. The molecule has 0 saturated carbocycles. The van der Waals surface area contributed by atoms with Crippen LogP contribution in [0.3, 0.4) is 0 Å². The van der Waals surface area contributed by atoms with Crippen molar-refractivity contribution in [3.63, 3.8) is 0 Å². The summed E-state index contributed by atoms with van der Waals surface area (Å²) in [4.78, 5) is 11.2. The number of carbonyl (C=O) groups excluding carboxylic acids is 1. The minimum absolute atomic E-state index is 0.0187. The van der Waals surface area contributed by atoms with Gasteiger partial charge in [-0.3, -0.25) is 4.79 Å². The quantitative estimate of drug-likeness (QED) is 0.557. The highest BCUT2D eigenvalue weighted by Crippen LogP contribution is 2.35. The Labute approximate surface area is 148 Å². The standard InChI is InChI=1S/C19H24O6/c1-6-19(13-24-18(3,4)25-19)17(12-22-14(2)20)23-11-15-7-9-16(21-5)10-8-15/h1,7-10,17H,11-13H2,2-5H3/t17-,19-/m0/s1. The number of terminal acetylenes is 1. The third-order valence-electron chi connectivity index (χ3n) is 3.87. The summed E-state index contributed by atoms with van der Waals surface area (Å²) in [5.74, 6) is 2.14. The molecule has 0 spiro atoms. The van der Waals surface area contributed by atoms with Gasteiger partial charge < -0.3 is 23.7 Å². The predicted molar refractivity (Wildman–Crippen MR) is 90.9 cm³/mol. The van der Waals surface area contributed by atoms with E-state index in [2.05, 4.69) is 5.92 Å². The summed E-state index contributed by atoms with van der Waals surface area (Å²) in [6.07, 6.45) is 5.05. The molecule has 2 atom stereocenters. The summed E-state index contributed by atoms with van der Waals surface area (Å²) in [5, 5.41) is 0. The van der Waals surface area contributed by atoms with Crippen LogP contribution in [0.4, 0.5) is 0 Å². The molecule has 6 nitrogen and oxygen atoms in total. The van der Waals surface area contributed by atoms with E-state index in [1.165, 1.54) is 6.92 Å². The molecule has 0 N–H and O–H groups in total. The van der Waals surface area contributed by atoms with Crippen LogP contribution in [0.2, 0.25) is 0 Å². The molecule has 1 heterocycles. The molecular weight excluding hydrogens is 324 g/mol. The van der Waals surface area contributed by atoms with Crippen LogP contribution in [0, 0.1) is 12.3 Å². The van der Waals surface area contributed by atoms with Gasteiger partial charge in [-0.25, -0.2) is 0 Å². The van der Waals surface area contributed by atoms with E-state index in [0.29, 0.717) is 0 Å². The van der Waals surface area contributed by atoms with E-state index in [1.54, 1.807) is 21.0 Å². The van der Waals surface area contributed by atoms with Gasteiger partial charge in [0.05, 0.1) is 20.3 Å². The van der Waals surface area contributed by atoms with Crippen LogP contribution in [0.25, 0.3) is 0 Å². The molecule has 136 valence electrons. The molecule has 0 radical (unpaired) electrons. The first-order valence-electron chi connectivity index (χ1n) is 8.00. The second kappa shape index (κ2) is 7.87. The SMILES string of the molecule is C#C[C@@]1([C@H](COC(C)=O)OCc2ccc(OC)cc2)COC(C)(C)O1. The number of hydrogen-bond acceptors (Lipinski definition) is 6. The first kappa shape index (κ1) is 19.3. The number of methoxy groups -OCH3 is 1. The summed E-state index contributed by atoms with van der Waals surface area (Å²) in [5.41, 5.74) is -0.190. The molecule has 2 rings (SSSR count). The highest BCUT2D eigenvalue weighted by atomic mass is 16.8. The van der Waals surface area contributed by atoms with Gasteiger partial charge in [-0.15, -0.1) is 6.42 Å². The zero-order valence-corrected chi connectivity index (χ0v) is 15.0. The average Bonchev–Trinajstić information content (AvgIpc) is 2.91. The van der Waals surface area contributed by atoms with Crippen molar-refractivity contribution >= 4 is 5.97 Å². The van der Waals surface area contributed by atoms with E-state index in [9.17, 15) is 4.79 Å². The van der Waals surface area contributed by atoms with Gasteiger partial charge in [-0.1, -0.05) is 18.1 Å². The number of hydrogen-bond donors (Lipinski definition) is 0. The topological polar surface area (TPSA) is 63.2 Å². The third-order valence-corrected chi connectivity index (χ3v) is 3.87. The predicted octanol–water partition coefficient (Wildman–Crippen LogP) is 2.30. The van der Waals surface area contributed by atoms with Crippen molar-refractivity contribution in [2.45, 2.75) is 44.9 Å². The smallest absolute Gasteiger partial charge is 0.302 e. The highest BCUT2D eigenvalue weighted by Gasteiger charge is 2.51. The van der Waals surface area contributed by atoms with E-state index >= 15 is 0 Å². The van der Waals surface area contributed by atoms with Crippen LogP contribution in [-0.4, -0.2) is 43.8 Å². The van der Waals surface area contributed by atoms with Crippen molar-refractivity contribution in [3.05, 3.63) is 29.8 Å². The van der Waals surface area contributed by atoms with Crippen LogP contribution >= 0.6 is 0 Å². The first-order valence-corrected chi connectivity index (χ1v) is 8.00. The molecule has 1 saturated heterocycles. The molecule has 6 heteroatoms. The van der Waals surface area contributed by atoms with Gasteiger partial charge >= 0.3 is 5.97 Å². The van der Waals surface area contributed by atoms with Crippen LogP contribution in [-0.2, 0) is 30.3 Å². The molecule has 1 aromatic rings. The van der Waals surface area contributed by atoms with Gasteiger partial charge in [-0.2, -0.15) is 0 Å². The summed E-state index contributed by atoms with van der Waals surface area (Å²) >= 11 is 0. The monoisotopic (exact) mass is 348 g/mol. The molecule has 25 heavy (non-hydrogen) atoms. The third kappa shape index (κ3) is 4.95. The van der Waals surface area contributed by atoms with Crippen molar-refractivity contribution in [3.8, 4) is 18.1 Å². The Kier molecular flexibility index (Phi) is 6.07. The maximum absolute atomic E-state index is 11.2. The molecule has 0 unspecified atom stereocenters. The Hall–Kier alpha value is -2.07. The zero-order chi connectivity index (χ0) is 18.5. The average molecular weight is 348 g/mol. The number of carbonyl (C=O) groups is 1. The molecule has 0 amide bonds. The fraction of sp³-hybridized carbons (Fsp3) is 0.526. The van der Waals surface area contributed by atoms with Gasteiger partial charge in [0.2, 0.25) is 0 Å². The largest absolute Gasteiger partial charge is 0.497 e. The zero-order valence-electron chi connectivity index (χ0n) is 15.0. The fourth-order valence-electron chi connectivity index (χ4n) is 2.53. The molecule has 0 aromatic heterocycles. The molecule has 1 fully saturated rings. The van der Waals surface area contributed by atoms with Crippen molar-refractivity contribution in [1.29, 1.82) is 0 Å². The second-order valence-corrected chi connectivity index (χ2v) is 6.27. The maximum atomic E-state index is 11.2. The lowest BCUT2D eigenvalue weighted by Gasteiger charge is -2.32. The van der Waals surface area contributed by atoms with Crippen molar-refractivity contribution in [2.24, 2.45) is 0 Å². The molecule has 1 aliphatic heterocycles. The lowest BCUT2D eigenvalue weighted by atomic mass is 9.99. The van der Waals surface area contributed by atoms with E-state index in [4.69, 9.17) is 30.1 Å². The van der Waals surface area contributed by atoms with E-state index in [-0.39, 0.29) is 19.8 Å². The maximum Gasteiger partial charge on any atom is 0.302 e. The van der Waals surface area contributed by atoms with Gasteiger partial charge in [0.25, 0.3) is 0 Å². The minimum atomic E-state index is -1.12. The Morgan fingerprint density at radius 3 is 2.52 bits per heavy atom. The van der Waals surface area contributed by atoms with Gasteiger partial charge in [-0.05, 0) is 31.5 Å². The lowest BCUT2D eigenvalue weighted by Crippen LogP contribution is -2.49. The fourth-order valence-corrected chi connectivity index (χ4v) is 2.53.